The van der Waals surface area contributed by atoms with Gasteiger partial charge in [-0.05, 0) is 54.8 Å². The van der Waals surface area contributed by atoms with E-state index in [2.05, 4.69) is 23.8 Å². The number of alkyl halides is 1. The molecule has 1 aromatic heterocycles. The first-order valence-corrected chi connectivity index (χ1v) is 13.1. The Balaban J connectivity index is 1.45. The predicted molar refractivity (Wildman–Crippen MR) is 142 cm³/mol. The quantitative estimate of drug-likeness (QED) is 0.194. The van der Waals surface area contributed by atoms with Crippen molar-refractivity contribution in [3.05, 3.63) is 60.9 Å². The van der Waals surface area contributed by atoms with Crippen LogP contribution in [0.15, 0.2) is 60.9 Å². The van der Waals surface area contributed by atoms with Crippen LogP contribution in [0.5, 0.6) is 11.5 Å². The van der Waals surface area contributed by atoms with Crippen LogP contribution in [-0.4, -0.2) is 29.4 Å². The predicted octanol–water partition coefficient (Wildman–Crippen LogP) is 8.46. The fourth-order valence-electron chi connectivity index (χ4n) is 3.82. The molecule has 1 heterocycles. The number of nitrogens with zero attached hydrogens (tertiary/aromatic N) is 2. The van der Waals surface area contributed by atoms with Gasteiger partial charge in [0.2, 0.25) is 0 Å². The molecule has 0 saturated heterocycles. The van der Waals surface area contributed by atoms with Crippen LogP contribution in [0.3, 0.4) is 0 Å². The summed E-state index contributed by atoms with van der Waals surface area (Å²) in [4.78, 5) is 9.06. The Labute approximate surface area is 209 Å². The lowest BCUT2D eigenvalue weighted by molar-refractivity contribution is 0.184. The summed E-state index contributed by atoms with van der Waals surface area (Å²) in [6, 6.07) is 15.5. The minimum absolute atomic E-state index is 0.0991. The van der Waals surface area contributed by atoms with Crippen LogP contribution in [0.2, 0.25) is 0 Å². The van der Waals surface area contributed by atoms with E-state index in [1.165, 1.54) is 25.7 Å². The van der Waals surface area contributed by atoms with Gasteiger partial charge in [-0.3, -0.25) is 0 Å². The minimum Gasteiger partial charge on any atom is -0.494 e. The highest BCUT2D eigenvalue weighted by molar-refractivity contribution is 5.64. The molecular formula is C30H39FN2O2. The van der Waals surface area contributed by atoms with Crippen LogP contribution in [0.4, 0.5) is 4.39 Å². The third-order valence-electron chi connectivity index (χ3n) is 6.02. The van der Waals surface area contributed by atoms with Crippen molar-refractivity contribution in [3.8, 4) is 34.0 Å². The third-order valence-corrected chi connectivity index (χ3v) is 6.02. The largest absolute Gasteiger partial charge is 0.494 e. The molecule has 0 aliphatic rings. The molecule has 0 saturated carbocycles. The molecule has 3 rings (SSSR count). The van der Waals surface area contributed by atoms with Crippen molar-refractivity contribution in [2.75, 3.05) is 13.2 Å². The molecule has 0 bridgehead atoms. The lowest BCUT2D eigenvalue weighted by Gasteiger charge is -2.11. The van der Waals surface area contributed by atoms with Gasteiger partial charge in [-0.25, -0.2) is 14.4 Å². The summed E-state index contributed by atoms with van der Waals surface area (Å²) < 4.78 is 25.5. The van der Waals surface area contributed by atoms with E-state index in [0.717, 1.165) is 54.7 Å². The molecule has 0 aliphatic heterocycles. The lowest BCUT2D eigenvalue weighted by atomic mass is 10.1. The van der Waals surface area contributed by atoms with E-state index in [4.69, 9.17) is 9.47 Å². The SMILES string of the molecule is CCCCCCCCC(F)COc1ccc(-c2ncc(-c3ccc(OCCCC)cc3)cn2)cc1. The number of benzene rings is 2. The zero-order valence-corrected chi connectivity index (χ0v) is 21.2. The highest BCUT2D eigenvalue weighted by Crippen LogP contribution is 2.24. The zero-order chi connectivity index (χ0) is 24.7. The van der Waals surface area contributed by atoms with E-state index < -0.39 is 6.17 Å². The van der Waals surface area contributed by atoms with Crippen LogP contribution in [-0.2, 0) is 0 Å². The molecule has 0 aliphatic carbocycles. The van der Waals surface area contributed by atoms with E-state index in [-0.39, 0.29) is 6.61 Å². The average Bonchev–Trinajstić information content (AvgIpc) is 2.90. The summed E-state index contributed by atoms with van der Waals surface area (Å²) in [5.74, 6) is 2.19. The highest BCUT2D eigenvalue weighted by atomic mass is 19.1. The minimum atomic E-state index is -0.923. The van der Waals surface area contributed by atoms with E-state index in [0.29, 0.717) is 18.0 Å². The maximum atomic E-state index is 14.1. The van der Waals surface area contributed by atoms with Crippen molar-refractivity contribution in [1.82, 2.24) is 9.97 Å². The number of hydrogen-bond acceptors (Lipinski definition) is 4. The second-order valence-electron chi connectivity index (χ2n) is 9.01. The first-order chi connectivity index (χ1) is 17.2. The topological polar surface area (TPSA) is 44.2 Å². The first kappa shape index (κ1) is 26.7. The fraction of sp³-hybridized carbons (Fsp3) is 0.467. The first-order valence-electron chi connectivity index (χ1n) is 13.1. The molecule has 5 heteroatoms. The van der Waals surface area contributed by atoms with E-state index in [1.54, 1.807) is 0 Å². The second kappa shape index (κ2) is 15.1. The summed E-state index contributed by atoms with van der Waals surface area (Å²) in [5, 5.41) is 0. The Morgan fingerprint density at radius 1 is 0.657 bits per heavy atom. The summed E-state index contributed by atoms with van der Waals surface area (Å²) in [6.07, 6.45) is 12.5. The van der Waals surface area contributed by atoms with Crippen molar-refractivity contribution in [1.29, 1.82) is 0 Å². The number of unbranched alkanes of at least 4 members (excludes halogenated alkanes) is 6. The Morgan fingerprint density at radius 3 is 1.89 bits per heavy atom. The summed E-state index contributed by atoms with van der Waals surface area (Å²) in [7, 11) is 0. The van der Waals surface area contributed by atoms with E-state index in [1.807, 2.05) is 60.9 Å². The molecule has 0 radical (unpaired) electrons. The van der Waals surface area contributed by atoms with Crippen molar-refractivity contribution >= 4 is 0 Å². The summed E-state index contributed by atoms with van der Waals surface area (Å²) in [5.41, 5.74) is 2.89. The number of halogens is 1. The van der Waals surface area contributed by atoms with Crippen molar-refractivity contribution < 1.29 is 13.9 Å². The molecule has 0 N–H and O–H groups in total. The number of rotatable bonds is 16. The van der Waals surface area contributed by atoms with E-state index in [9.17, 15) is 4.39 Å². The fourth-order valence-corrected chi connectivity index (χ4v) is 3.82. The van der Waals surface area contributed by atoms with Gasteiger partial charge in [0.1, 0.15) is 24.3 Å². The lowest BCUT2D eigenvalue weighted by Crippen LogP contribution is -2.12. The van der Waals surface area contributed by atoms with Gasteiger partial charge in [-0.15, -0.1) is 0 Å². The Hall–Kier alpha value is -2.95. The smallest absolute Gasteiger partial charge is 0.159 e. The average molecular weight is 479 g/mol. The van der Waals surface area contributed by atoms with Crippen LogP contribution in [0.1, 0.15) is 71.6 Å². The monoisotopic (exact) mass is 478 g/mol. The molecule has 1 unspecified atom stereocenters. The van der Waals surface area contributed by atoms with Crippen LogP contribution < -0.4 is 9.47 Å². The van der Waals surface area contributed by atoms with Crippen LogP contribution >= 0.6 is 0 Å². The Kier molecular flexibility index (Phi) is 11.5. The van der Waals surface area contributed by atoms with Crippen molar-refractivity contribution in [2.24, 2.45) is 0 Å². The standard InChI is InChI=1S/C30H39FN2O2/c1-3-5-7-8-9-10-11-27(31)23-35-29-18-14-25(15-19-29)30-32-21-26(22-33-30)24-12-16-28(17-13-24)34-20-6-4-2/h12-19,21-22,27H,3-11,20,23H2,1-2H3. The Morgan fingerprint density at radius 2 is 1.23 bits per heavy atom. The molecule has 0 fully saturated rings. The van der Waals surface area contributed by atoms with Gasteiger partial charge < -0.3 is 9.47 Å². The zero-order valence-electron chi connectivity index (χ0n) is 21.2. The number of hydrogen-bond donors (Lipinski definition) is 0. The van der Waals surface area contributed by atoms with Gasteiger partial charge in [0, 0.05) is 23.5 Å². The molecular weight excluding hydrogens is 439 g/mol. The number of ether oxygens (including phenoxy) is 2. The third kappa shape index (κ3) is 9.31. The summed E-state index contributed by atoms with van der Waals surface area (Å²) in [6.45, 7) is 5.20. The molecule has 0 amide bonds. The van der Waals surface area contributed by atoms with Gasteiger partial charge in [0.25, 0.3) is 0 Å². The van der Waals surface area contributed by atoms with Gasteiger partial charge in [-0.1, -0.05) is 70.9 Å². The summed E-state index contributed by atoms with van der Waals surface area (Å²) >= 11 is 0. The highest BCUT2D eigenvalue weighted by Gasteiger charge is 2.09. The van der Waals surface area contributed by atoms with Gasteiger partial charge >= 0.3 is 0 Å². The molecule has 35 heavy (non-hydrogen) atoms. The Bertz CT molecular complexity index is 959. The van der Waals surface area contributed by atoms with Crippen molar-refractivity contribution in [2.45, 2.75) is 77.8 Å². The molecule has 188 valence electrons. The van der Waals surface area contributed by atoms with Gasteiger partial charge in [-0.2, -0.15) is 0 Å². The van der Waals surface area contributed by atoms with Crippen LogP contribution in [0.25, 0.3) is 22.5 Å². The van der Waals surface area contributed by atoms with Crippen LogP contribution in [0, 0.1) is 0 Å². The van der Waals surface area contributed by atoms with Crippen molar-refractivity contribution in [3.63, 3.8) is 0 Å². The molecule has 4 nitrogen and oxygen atoms in total. The van der Waals surface area contributed by atoms with Gasteiger partial charge in [0.15, 0.2) is 5.82 Å². The number of aromatic nitrogens is 2. The normalized spacial score (nSPS) is 11.9. The second-order valence-corrected chi connectivity index (χ2v) is 9.01. The molecule has 3 aromatic rings. The van der Waals surface area contributed by atoms with Gasteiger partial charge in [0.05, 0.1) is 6.61 Å². The molecule has 0 spiro atoms. The van der Waals surface area contributed by atoms with E-state index >= 15 is 0 Å². The molecule has 1 atom stereocenters. The maximum absolute atomic E-state index is 14.1. The maximum Gasteiger partial charge on any atom is 0.159 e. The molecule has 2 aromatic carbocycles.